The third-order valence-electron chi connectivity index (χ3n) is 6.39. The van der Waals surface area contributed by atoms with E-state index in [-0.39, 0.29) is 5.82 Å². The second-order valence-electron chi connectivity index (χ2n) is 8.56. The predicted octanol–water partition coefficient (Wildman–Crippen LogP) is 5.54. The number of piperidine rings is 1. The van der Waals surface area contributed by atoms with Gasteiger partial charge in [-0.25, -0.2) is 17.1 Å². The first-order valence-corrected chi connectivity index (χ1v) is 12.9. The van der Waals surface area contributed by atoms with Crippen molar-refractivity contribution in [2.45, 2.75) is 30.3 Å². The van der Waals surface area contributed by atoms with E-state index >= 15 is 0 Å². The largest absolute Gasteiger partial charge is 0.440 e. The summed E-state index contributed by atoms with van der Waals surface area (Å²) in [7, 11) is -3.61. The molecule has 0 saturated carbocycles. The molecule has 5 rings (SSSR count). The molecule has 0 aliphatic carbocycles. The molecule has 5 nitrogen and oxygen atoms in total. The second-order valence-corrected chi connectivity index (χ2v) is 10.6. The molecular formula is C27H26FNO4S. The van der Waals surface area contributed by atoms with E-state index in [4.69, 9.17) is 9.47 Å². The van der Waals surface area contributed by atoms with Crippen LogP contribution in [0.25, 0.3) is 0 Å². The van der Waals surface area contributed by atoms with Crippen molar-refractivity contribution < 1.29 is 22.3 Å². The summed E-state index contributed by atoms with van der Waals surface area (Å²) in [5, 5.41) is -0.892. The molecule has 0 spiro atoms. The molecule has 176 valence electrons. The minimum absolute atomic E-state index is 0.360. The average molecular weight is 480 g/mol. The molecule has 2 atom stereocenters. The summed E-state index contributed by atoms with van der Waals surface area (Å²) >= 11 is 0. The van der Waals surface area contributed by atoms with Gasteiger partial charge in [0.25, 0.3) is 0 Å². The lowest BCUT2D eigenvalue weighted by molar-refractivity contribution is -0.0459. The fourth-order valence-electron chi connectivity index (χ4n) is 4.64. The molecule has 2 aliphatic rings. The summed E-state index contributed by atoms with van der Waals surface area (Å²) in [5.41, 5.74) is 1.92. The van der Waals surface area contributed by atoms with Gasteiger partial charge in [0.2, 0.25) is 10.0 Å². The topological polar surface area (TPSA) is 55.8 Å². The molecule has 0 amide bonds. The van der Waals surface area contributed by atoms with E-state index in [0.717, 1.165) is 24.8 Å². The normalized spacial score (nSPS) is 21.2. The Morgan fingerprint density at radius 1 is 0.882 bits per heavy atom. The first-order valence-electron chi connectivity index (χ1n) is 11.4. The molecule has 34 heavy (non-hydrogen) atoms. The predicted molar refractivity (Wildman–Crippen MR) is 129 cm³/mol. The van der Waals surface area contributed by atoms with Gasteiger partial charge in [-0.05, 0) is 54.8 Å². The highest BCUT2D eigenvalue weighted by molar-refractivity contribution is 7.89. The van der Waals surface area contributed by atoms with E-state index in [9.17, 15) is 12.8 Å². The Labute approximate surface area is 199 Å². The van der Waals surface area contributed by atoms with Crippen molar-refractivity contribution >= 4 is 10.0 Å². The smallest absolute Gasteiger partial charge is 0.305 e. The number of nitrogens with zero attached hydrogens (tertiary/aromatic N) is 1. The Kier molecular flexibility index (Phi) is 5.91. The Morgan fingerprint density at radius 3 is 2.21 bits per heavy atom. The van der Waals surface area contributed by atoms with Crippen LogP contribution in [0.3, 0.4) is 0 Å². The second kappa shape index (κ2) is 8.89. The average Bonchev–Trinajstić information content (AvgIpc) is 3.26. The maximum Gasteiger partial charge on any atom is 0.305 e. The first kappa shape index (κ1) is 22.6. The monoisotopic (exact) mass is 479 g/mol. The van der Waals surface area contributed by atoms with Crippen molar-refractivity contribution in [3.05, 3.63) is 108 Å². The van der Waals surface area contributed by atoms with Crippen LogP contribution >= 0.6 is 0 Å². The summed E-state index contributed by atoms with van der Waals surface area (Å²) in [6.07, 6.45) is 4.23. The van der Waals surface area contributed by atoms with E-state index in [0.29, 0.717) is 35.7 Å². The Morgan fingerprint density at radius 2 is 1.53 bits per heavy atom. The van der Waals surface area contributed by atoms with Gasteiger partial charge >= 0.3 is 5.79 Å². The number of halogens is 1. The quantitative estimate of drug-likeness (QED) is 0.436. The van der Waals surface area contributed by atoms with Crippen molar-refractivity contribution in [1.29, 1.82) is 0 Å². The molecule has 2 unspecified atom stereocenters. The number of rotatable bonds is 6. The molecule has 3 aromatic carbocycles. The summed E-state index contributed by atoms with van der Waals surface area (Å²) in [5.74, 6) is -0.770. The standard InChI is InChI=1S/C27H26FNO4S/c1-2-26(34(30,31)29-17-7-4-8-18-29)20-11-16-24-25(19-20)33-27(32-24,21-9-5-3-6-10-21)22-12-14-23(28)15-13-22/h2-3,5-6,9-16,19,26H,1,4,7-8,17-18H2. The SMILES string of the molecule is C=CC(c1ccc2c(c1)OC(c1ccccc1)(c1ccc(F)cc1)O2)S(=O)(=O)N1CCCCC1. The van der Waals surface area contributed by atoms with Gasteiger partial charge in [0.1, 0.15) is 11.1 Å². The van der Waals surface area contributed by atoms with Crippen LogP contribution in [0.5, 0.6) is 11.5 Å². The van der Waals surface area contributed by atoms with Crippen LogP contribution in [0.4, 0.5) is 4.39 Å². The molecule has 2 aliphatic heterocycles. The minimum atomic E-state index is -3.61. The van der Waals surface area contributed by atoms with Gasteiger partial charge in [-0.15, -0.1) is 6.58 Å². The van der Waals surface area contributed by atoms with Crippen LogP contribution in [0.1, 0.15) is 41.2 Å². The van der Waals surface area contributed by atoms with Gasteiger partial charge in [0, 0.05) is 24.2 Å². The molecule has 3 aromatic rings. The Balaban J connectivity index is 1.53. The zero-order valence-corrected chi connectivity index (χ0v) is 19.5. The van der Waals surface area contributed by atoms with Crippen LogP contribution in [0.2, 0.25) is 0 Å². The number of ether oxygens (including phenoxy) is 2. The highest BCUT2D eigenvalue weighted by Gasteiger charge is 2.46. The fraction of sp³-hybridized carbons (Fsp3) is 0.259. The van der Waals surface area contributed by atoms with Crippen molar-refractivity contribution in [3.8, 4) is 11.5 Å². The van der Waals surface area contributed by atoms with Crippen LogP contribution < -0.4 is 9.47 Å². The lowest BCUT2D eigenvalue weighted by atomic mass is 9.97. The summed E-state index contributed by atoms with van der Waals surface area (Å²) in [4.78, 5) is 0. The molecule has 0 radical (unpaired) electrons. The third kappa shape index (κ3) is 3.89. The van der Waals surface area contributed by atoms with Crippen molar-refractivity contribution in [3.63, 3.8) is 0 Å². The van der Waals surface area contributed by atoms with Crippen molar-refractivity contribution in [2.24, 2.45) is 0 Å². The Hall–Kier alpha value is -3.16. The van der Waals surface area contributed by atoms with Crippen LogP contribution in [-0.2, 0) is 15.8 Å². The van der Waals surface area contributed by atoms with Gasteiger partial charge in [-0.3, -0.25) is 0 Å². The summed E-state index contributed by atoms with van der Waals surface area (Å²) < 4.78 is 54.7. The van der Waals surface area contributed by atoms with Crippen molar-refractivity contribution in [1.82, 2.24) is 4.31 Å². The first-order chi connectivity index (χ1) is 16.4. The molecule has 0 aromatic heterocycles. The lowest BCUT2D eigenvalue weighted by Crippen LogP contribution is -2.38. The van der Waals surface area contributed by atoms with Gasteiger partial charge in [-0.2, -0.15) is 0 Å². The summed E-state index contributed by atoms with van der Waals surface area (Å²) in [6, 6.07) is 20.5. The number of hydrogen-bond donors (Lipinski definition) is 0. The molecule has 0 N–H and O–H groups in total. The van der Waals surface area contributed by atoms with Gasteiger partial charge in [0.15, 0.2) is 11.5 Å². The third-order valence-corrected chi connectivity index (χ3v) is 8.58. The fourth-order valence-corrected chi connectivity index (χ4v) is 6.46. The maximum atomic E-state index is 13.7. The van der Waals surface area contributed by atoms with E-state index in [2.05, 4.69) is 6.58 Å². The molecule has 1 fully saturated rings. The van der Waals surface area contributed by atoms with Gasteiger partial charge in [-0.1, -0.05) is 48.9 Å². The Bertz CT molecular complexity index is 1290. The number of benzene rings is 3. The highest BCUT2D eigenvalue weighted by Crippen LogP contribution is 2.49. The molecule has 2 heterocycles. The van der Waals surface area contributed by atoms with E-state index in [1.54, 1.807) is 34.6 Å². The zero-order chi connectivity index (χ0) is 23.8. The number of fused-ring (bicyclic) bond motifs is 1. The highest BCUT2D eigenvalue weighted by atomic mass is 32.2. The zero-order valence-electron chi connectivity index (χ0n) is 18.7. The van der Waals surface area contributed by atoms with Crippen molar-refractivity contribution in [2.75, 3.05) is 13.1 Å². The van der Waals surface area contributed by atoms with E-state index < -0.39 is 21.1 Å². The van der Waals surface area contributed by atoms with Gasteiger partial charge < -0.3 is 9.47 Å². The molecule has 1 saturated heterocycles. The minimum Gasteiger partial charge on any atom is -0.440 e. The van der Waals surface area contributed by atoms with E-state index in [1.165, 1.54) is 18.2 Å². The summed E-state index contributed by atoms with van der Waals surface area (Å²) in [6.45, 7) is 4.86. The molecular weight excluding hydrogens is 453 g/mol. The van der Waals surface area contributed by atoms with Crippen LogP contribution in [-0.4, -0.2) is 25.8 Å². The van der Waals surface area contributed by atoms with Crippen LogP contribution in [0.15, 0.2) is 85.5 Å². The number of sulfonamides is 1. The molecule has 7 heteroatoms. The lowest BCUT2D eigenvalue weighted by Gasteiger charge is -2.29. The van der Waals surface area contributed by atoms with Crippen LogP contribution in [0, 0.1) is 5.82 Å². The molecule has 0 bridgehead atoms. The van der Waals surface area contributed by atoms with E-state index in [1.807, 2.05) is 30.3 Å². The number of hydrogen-bond acceptors (Lipinski definition) is 4. The van der Waals surface area contributed by atoms with Gasteiger partial charge in [0.05, 0.1) is 0 Å². The maximum absolute atomic E-state index is 13.7.